The Morgan fingerprint density at radius 1 is 1.22 bits per heavy atom. The van der Waals surface area contributed by atoms with Gasteiger partial charge < -0.3 is 14.7 Å². The van der Waals surface area contributed by atoms with Crippen LogP contribution < -0.4 is 5.32 Å². The number of allylic oxidation sites excluding steroid dienone is 1. The quantitative estimate of drug-likeness (QED) is 0.382. The molecule has 3 amide bonds. The Kier molecular flexibility index (Phi) is 16.9. The standard InChI is InChI=1S/C10H19NO3.C7H7NO2.C3H8/c1-3-4-5-6-7-11(2)10(13)14-9-8-12;1-3-5-4(2)6(9)8-7(5)10;1-3-2/h3,12H,1,4-9H2,2H3;3H,1H2,2H3,(H,8,9,10);3H2,1-2H3. The third kappa shape index (κ3) is 12.6. The van der Waals surface area contributed by atoms with Crippen LogP contribution in [0.4, 0.5) is 4.79 Å². The number of imide groups is 1. The second-order valence-corrected chi connectivity index (χ2v) is 5.78. The molecule has 1 aliphatic rings. The molecule has 1 heterocycles. The number of unbranched alkanes of at least 4 members (excludes halogenated alkanes) is 2. The number of ether oxygens (including phenoxy) is 1. The number of amides is 3. The smallest absolute Gasteiger partial charge is 0.409 e. The minimum Gasteiger partial charge on any atom is -0.447 e. The zero-order valence-corrected chi connectivity index (χ0v) is 17.0. The lowest BCUT2D eigenvalue weighted by atomic mass is 10.2. The first-order valence-electron chi connectivity index (χ1n) is 9.09. The molecule has 0 radical (unpaired) electrons. The summed E-state index contributed by atoms with van der Waals surface area (Å²) in [7, 11) is 1.69. The van der Waals surface area contributed by atoms with Gasteiger partial charge in [0.15, 0.2) is 0 Å². The molecular weight excluding hydrogens is 348 g/mol. The molecule has 0 saturated heterocycles. The van der Waals surface area contributed by atoms with E-state index in [0.29, 0.717) is 17.7 Å². The largest absolute Gasteiger partial charge is 0.447 e. The molecule has 0 aliphatic carbocycles. The average molecular weight is 383 g/mol. The monoisotopic (exact) mass is 382 g/mol. The fraction of sp³-hybridized carbons (Fsp3) is 0.550. The maximum Gasteiger partial charge on any atom is 0.409 e. The molecule has 2 N–H and O–H groups in total. The van der Waals surface area contributed by atoms with E-state index in [0.717, 1.165) is 19.3 Å². The Bertz CT molecular complexity index is 526. The number of aliphatic hydroxyl groups is 1. The highest BCUT2D eigenvalue weighted by Crippen LogP contribution is 2.11. The van der Waals surface area contributed by atoms with Crippen LogP contribution in [0.3, 0.4) is 0 Å². The van der Waals surface area contributed by atoms with Gasteiger partial charge in [-0.2, -0.15) is 0 Å². The van der Waals surface area contributed by atoms with Crippen molar-refractivity contribution < 1.29 is 24.2 Å². The fourth-order valence-corrected chi connectivity index (χ4v) is 1.77. The van der Waals surface area contributed by atoms with E-state index >= 15 is 0 Å². The third-order valence-electron chi connectivity index (χ3n) is 3.20. The summed E-state index contributed by atoms with van der Waals surface area (Å²) in [5.41, 5.74) is 0.824. The molecule has 0 unspecified atom stereocenters. The van der Waals surface area contributed by atoms with Gasteiger partial charge in [0.2, 0.25) is 0 Å². The van der Waals surface area contributed by atoms with Gasteiger partial charge in [-0.3, -0.25) is 14.9 Å². The first-order chi connectivity index (χ1) is 12.8. The number of hydrogen-bond acceptors (Lipinski definition) is 5. The van der Waals surface area contributed by atoms with Crippen LogP contribution in [-0.4, -0.2) is 54.7 Å². The molecule has 27 heavy (non-hydrogen) atoms. The molecule has 7 nitrogen and oxygen atoms in total. The molecule has 1 aliphatic heterocycles. The Morgan fingerprint density at radius 3 is 2.19 bits per heavy atom. The van der Waals surface area contributed by atoms with Crippen LogP contribution in [0.25, 0.3) is 0 Å². The number of nitrogens with one attached hydrogen (secondary N) is 1. The van der Waals surface area contributed by atoms with Gasteiger partial charge in [-0.25, -0.2) is 4.79 Å². The molecule has 0 bridgehead atoms. The summed E-state index contributed by atoms with van der Waals surface area (Å²) in [5.74, 6) is -0.669. The lowest BCUT2D eigenvalue weighted by Gasteiger charge is -2.16. The van der Waals surface area contributed by atoms with Gasteiger partial charge in [0.25, 0.3) is 11.8 Å². The first-order valence-corrected chi connectivity index (χ1v) is 9.09. The van der Waals surface area contributed by atoms with Crippen molar-refractivity contribution in [2.45, 2.75) is 46.5 Å². The van der Waals surface area contributed by atoms with Crippen LogP contribution in [0.2, 0.25) is 0 Å². The van der Waals surface area contributed by atoms with E-state index < -0.39 is 0 Å². The Balaban J connectivity index is 0. The van der Waals surface area contributed by atoms with Crippen LogP contribution in [0, 0.1) is 0 Å². The lowest BCUT2D eigenvalue weighted by molar-refractivity contribution is -0.124. The van der Waals surface area contributed by atoms with E-state index in [9.17, 15) is 14.4 Å². The number of aliphatic hydroxyl groups excluding tert-OH is 1. The predicted octanol–water partition coefficient (Wildman–Crippen LogP) is 2.97. The van der Waals surface area contributed by atoms with Crippen molar-refractivity contribution in [3.63, 3.8) is 0 Å². The predicted molar refractivity (Wildman–Crippen MR) is 107 cm³/mol. The molecule has 0 spiro atoms. The van der Waals surface area contributed by atoms with Gasteiger partial charge in [0.05, 0.1) is 6.61 Å². The van der Waals surface area contributed by atoms with E-state index in [1.54, 1.807) is 14.0 Å². The summed E-state index contributed by atoms with van der Waals surface area (Å²) in [6, 6.07) is 0. The third-order valence-corrected chi connectivity index (χ3v) is 3.20. The number of hydrogen-bond donors (Lipinski definition) is 2. The average Bonchev–Trinajstić information content (AvgIpc) is 2.89. The van der Waals surface area contributed by atoms with Crippen molar-refractivity contribution in [1.82, 2.24) is 10.2 Å². The summed E-state index contributed by atoms with van der Waals surface area (Å²) in [4.78, 5) is 34.1. The molecule has 0 saturated carbocycles. The Hall–Kier alpha value is -2.41. The minimum atomic E-state index is -0.377. The lowest BCUT2D eigenvalue weighted by Crippen LogP contribution is -2.29. The van der Waals surface area contributed by atoms with Gasteiger partial charge in [0, 0.05) is 24.7 Å². The molecule has 0 aromatic heterocycles. The number of carbonyl (C=O) groups is 3. The van der Waals surface area contributed by atoms with Crippen molar-refractivity contribution in [2.24, 2.45) is 0 Å². The zero-order chi connectivity index (χ0) is 21.2. The van der Waals surface area contributed by atoms with Gasteiger partial charge in [-0.15, -0.1) is 6.58 Å². The van der Waals surface area contributed by atoms with E-state index in [4.69, 9.17) is 9.84 Å². The second-order valence-electron chi connectivity index (χ2n) is 5.78. The Labute approximate surface area is 162 Å². The van der Waals surface area contributed by atoms with Gasteiger partial charge in [-0.05, 0) is 26.2 Å². The van der Waals surface area contributed by atoms with Gasteiger partial charge >= 0.3 is 6.09 Å². The van der Waals surface area contributed by atoms with Crippen molar-refractivity contribution in [3.05, 3.63) is 36.5 Å². The minimum absolute atomic E-state index is 0.0653. The van der Waals surface area contributed by atoms with Gasteiger partial charge in [-0.1, -0.05) is 39.0 Å². The highest BCUT2D eigenvalue weighted by Gasteiger charge is 2.23. The highest BCUT2D eigenvalue weighted by molar-refractivity contribution is 6.20. The molecule has 0 aromatic carbocycles. The number of rotatable bonds is 8. The topological polar surface area (TPSA) is 95.9 Å². The summed E-state index contributed by atoms with van der Waals surface area (Å²) < 4.78 is 4.73. The van der Waals surface area contributed by atoms with Gasteiger partial charge in [0.1, 0.15) is 6.61 Å². The molecule has 0 fully saturated rings. The second kappa shape index (κ2) is 17.0. The van der Waals surface area contributed by atoms with Crippen molar-refractivity contribution in [2.75, 3.05) is 26.8 Å². The summed E-state index contributed by atoms with van der Waals surface area (Å²) in [6.07, 6.45) is 7.06. The molecule has 154 valence electrons. The molecule has 0 aromatic rings. The van der Waals surface area contributed by atoms with Crippen LogP contribution in [-0.2, 0) is 14.3 Å². The maximum absolute atomic E-state index is 11.1. The molecule has 1 rings (SSSR count). The molecule has 0 atom stereocenters. The van der Waals surface area contributed by atoms with Crippen molar-refractivity contribution in [3.8, 4) is 0 Å². The van der Waals surface area contributed by atoms with Crippen LogP contribution in [0.5, 0.6) is 0 Å². The van der Waals surface area contributed by atoms with Crippen LogP contribution in [0.1, 0.15) is 46.5 Å². The van der Waals surface area contributed by atoms with Crippen molar-refractivity contribution >= 4 is 17.9 Å². The van der Waals surface area contributed by atoms with Crippen LogP contribution in [0.15, 0.2) is 36.5 Å². The first kappa shape index (κ1) is 26.8. The van der Waals surface area contributed by atoms with Crippen LogP contribution >= 0.6 is 0 Å². The van der Waals surface area contributed by atoms with E-state index in [2.05, 4.69) is 32.3 Å². The Morgan fingerprint density at radius 2 is 1.81 bits per heavy atom. The summed E-state index contributed by atoms with van der Waals surface area (Å²) in [6.45, 7) is 13.5. The number of nitrogens with zero attached hydrogens (tertiary/aromatic N) is 1. The van der Waals surface area contributed by atoms with E-state index in [-0.39, 0.29) is 31.1 Å². The number of carbonyl (C=O) groups excluding carboxylic acids is 3. The normalized spacial score (nSPS) is 12.2. The molecule has 7 heteroatoms. The molecular formula is C20H34N2O5. The highest BCUT2D eigenvalue weighted by atomic mass is 16.6. The van der Waals surface area contributed by atoms with E-state index in [1.807, 2.05) is 6.08 Å². The SMILES string of the molecule is C=CC1=C(C)C(=O)NC1=O.C=CCCCCN(C)C(=O)OCCO.CCC. The zero-order valence-electron chi connectivity index (χ0n) is 17.0. The fourth-order valence-electron chi connectivity index (χ4n) is 1.77. The van der Waals surface area contributed by atoms with E-state index in [1.165, 1.54) is 17.4 Å². The maximum atomic E-state index is 11.1. The summed E-state index contributed by atoms with van der Waals surface area (Å²) in [5, 5.41) is 10.6. The summed E-state index contributed by atoms with van der Waals surface area (Å²) >= 11 is 0. The van der Waals surface area contributed by atoms with Crippen molar-refractivity contribution in [1.29, 1.82) is 0 Å².